The van der Waals surface area contributed by atoms with Gasteiger partial charge in [0.05, 0.1) is 10.5 Å². The molecule has 1 aromatic rings. The second-order valence-corrected chi connectivity index (χ2v) is 7.57. The summed E-state index contributed by atoms with van der Waals surface area (Å²) in [4.78, 5) is 0.367. The molecule has 1 heterocycles. The lowest BCUT2D eigenvalue weighted by atomic mass is 9.94. The molecule has 0 saturated carbocycles. The number of sulfonamides is 1. The van der Waals surface area contributed by atoms with E-state index in [1.165, 1.54) is 9.87 Å². The van der Waals surface area contributed by atoms with Gasteiger partial charge in [-0.3, -0.25) is 0 Å². The number of nitrogens with zero attached hydrogens (tertiary/aromatic N) is 1. The van der Waals surface area contributed by atoms with Crippen LogP contribution in [0.25, 0.3) is 0 Å². The molecular formula is C14H19NO3S. The van der Waals surface area contributed by atoms with Crippen LogP contribution in [-0.2, 0) is 22.9 Å². The highest BCUT2D eigenvalue weighted by molar-refractivity contribution is 7.89. The van der Waals surface area contributed by atoms with E-state index < -0.39 is 15.6 Å². The Labute approximate surface area is 114 Å². The van der Waals surface area contributed by atoms with Crippen molar-refractivity contribution in [1.82, 2.24) is 4.31 Å². The van der Waals surface area contributed by atoms with Crippen molar-refractivity contribution in [2.75, 3.05) is 13.1 Å². The molecule has 0 aromatic heterocycles. The van der Waals surface area contributed by atoms with Crippen LogP contribution in [-0.4, -0.2) is 36.5 Å². The molecule has 0 amide bonds. The normalized spacial score (nSPS) is 22.0. The van der Waals surface area contributed by atoms with Gasteiger partial charge in [0.1, 0.15) is 0 Å². The Morgan fingerprint density at radius 2 is 1.95 bits per heavy atom. The largest absolute Gasteiger partial charge is 0.387 e. The smallest absolute Gasteiger partial charge is 0.243 e. The second kappa shape index (κ2) is 4.30. The number of fused-ring (bicyclic) bond motifs is 1. The van der Waals surface area contributed by atoms with Crippen LogP contribution in [0.15, 0.2) is 23.1 Å². The summed E-state index contributed by atoms with van der Waals surface area (Å²) in [6.07, 6.45) is 3.72. The summed E-state index contributed by atoms with van der Waals surface area (Å²) in [6.45, 7) is 2.30. The van der Waals surface area contributed by atoms with Gasteiger partial charge >= 0.3 is 0 Å². The van der Waals surface area contributed by atoms with Crippen LogP contribution in [0.1, 0.15) is 30.9 Å². The molecule has 0 unspecified atom stereocenters. The maximum Gasteiger partial charge on any atom is 0.243 e. The number of aryl methyl sites for hydroxylation is 2. The summed E-state index contributed by atoms with van der Waals surface area (Å²) in [5.41, 5.74) is 1.60. The van der Waals surface area contributed by atoms with Crippen LogP contribution in [0.3, 0.4) is 0 Å². The van der Waals surface area contributed by atoms with E-state index >= 15 is 0 Å². The molecule has 19 heavy (non-hydrogen) atoms. The van der Waals surface area contributed by atoms with Crippen LogP contribution in [0.2, 0.25) is 0 Å². The van der Waals surface area contributed by atoms with Crippen molar-refractivity contribution < 1.29 is 13.5 Å². The molecule has 1 aliphatic carbocycles. The van der Waals surface area contributed by atoms with Crippen LogP contribution in [0, 0.1) is 0 Å². The number of aliphatic hydroxyl groups is 1. The minimum Gasteiger partial charge on any atom is -0.387 e. The van der Waals surface area contributed by atoms with Crippen LogP contribution in [0.4, 0.5) is 0 Å². The molecule has 5 heteroatoms. The zero-order valence-electron chi connectivity index (χ0n) is 11.1. The van der Waals surface area contributed by atoms with E-state index in [1.807, 2.05) is 13.0 Å². The zero-order chi connectivity index (χ0) is 13.7. The predicted octanol–water partition coefficient (Wildman–Crippen LogP) is 1.32. The molecule has 1 saturated heterocycles. The Kier molecular flexibility index (Phi) is 2.96. The quantitative estimate of drug-likeness (QED) is 0.909. The van der Waals surface area contributed by atoms with E-state index in [-0.39, 0.29) is 13.1 Å². The fourth-order valence-corrected chi connectivity index (χ4v) is 4.51. The van der Waals surface area contributed by atoms with Crippen molar-refractivity contribution in [1.29, 1.82) is 0 Å². The first-order valence-corrected chi connectivity index (χ1v) is 8.23. The average molecular weight is 281 g/mol. The highest BCUT2D eigenvalue weighted by Gasteiger charge is 2.46. The molecule has 0 bridgehead atoms. The third kappa shape index (κ3) is 2.10. The number of benzene rings is 1. The third-order valence-electron chi connectivity index (χ3n) is 4.31. The van der Waals surface area contributed by atoms with Gasteiger partial charge in [-0.15, -0.1) is 0 Å². The van der Waals surface area contributed by atoms with Gasteiger partial charge in [0, 0.05) is 13.1 Å². The Hall–Kier alpha value is -0.910. The van der Waals surface area contributed by atoms with Crippen molar-refractivity contribution in [3.05, 3.63) is 29.3 Å². The summed E-state index contributed by atoms with van der Waals surface area (Å²) < 4.78 is 26.2. The Bertz CT molecular complexity index is 603. The van der Waals surface area contributed by atoms with Crippen LogP contribution in [0.5, 0.6) is 0 Å². The molecule has 1 N–H and O–H groups in total. The minimum absolute atomic E-state index is 0.211. The van der Waals surface area contributed by atoms with Crippen molar-refractivity contribution in [3.8, 4) is 0 Å². The van der Waals surface area contributed by atoms with E-state index in [9.17, 15) is 13.5 Å². The van der Waals surface area contributed by atoms with E-state index in [1.54, 1.807) is 12.1 Å². The first kappa shape index (κ1) is 13.1. The lowest BCUT2D eigenvalue weighted by Gasteiger charge is -2.44. The van der Waals surface area contributed by atoms with Crippen LogP contribution >= 0.6 is 0 Å². The SMILES string of the molecule is CCC1(O)CN(S(=O)(=O)c2ccc3c(c2)CCC3)C1. The minimum atomic E-state index is -3.43. The van der Waals surface area contributed by atoms with Crippen molar-refractivity contribution in [2.45, 2.75) is 43.1 Å². The van der Waals surface area contributed by atoms with Crippen LogP contribution < -0.4 is 0 Å². The fraction of sp³-hybridized carbons (Fsp3) is 0.571. The van der Waals surface area contributed by atoms with E-state index in [0.29, 0.717) is 11.3 Å². The molecule has 1 fully saturated rings. The number of rotatable bonds is 3. The monoisotopic (exact) mass is 281 g/mol. The van der Waals surface area contributed by atoms with Gasteiger partial charge in [-0.2, -0.15) is 4.31 Å². The second-order valence-electron chi connectivity index (χ2n) is 5.64. The van der Waals surface area contributed by atoms with Gasteiger partial charge in [0.2, 0.25) is 10.0 Å². The molecule has 104 valence electrons. The fourth-order valence-electron chi connectivity index (χ4n) is 2.86. The summed E-state index contributed by atoms with van der Waals surface area (Å²) >= 11 is 0. The molecule has 0 radical (unpaired) electrons. The number of hydrogen-bond donors (Lipinski definition) is 1. The molecule has 0 atom stereocenters. The zero-order valence-corrected chi connectivity index (χ0v) is 11.9. The van der Waals surface area contributed by atoms with Gasteiger partial charge in [-0.05, 0) is 48.9 Å². The highest BCUT2D eigenvalue weighted by atomic mass is 32.2. The molecule has 1 aliphatic heterocycles. The number of hydrogen-bond acceptors (Lipinski definition) is 3. The van der Waals surface area contributed by atoms with Gasteiger partial charge in [0.15, 0.2) is 0 Å². The van der Waals surface area contributed by atoms with E-state index in [0.717, 1.165) is 24.8 Å². The first-order chi connectivity index (χ1) is 8.94. The maximum atomic E-state index is 12.4. The van der Waals surface area contributed by atoms with E-state index in [4.69, 9.17) is 0 Å². The van der Waals surface area contributed by atoms with Gasteiger partial charge in [-0.25, -0.2) is 8.42 Å². The highest BCUT2D eigenvalue weighted by Crippen LogP contribution is 2.32. The maximum absolute atomic E-state index is 12.4. The predicted molar refractivity (Wildman–Crippen MR) is 72.5 cm³/mol. The Morgan fingerprint density at radius 3 is 2.63 bits per heavy atom. The average Bonchev–Trinajstić information content (AvgIpc) is 2.81. The molecule has 0 spiro atoms. The van der Waals surface area contributed by atoms with Crippen molar-refractivity contribution in [3.63, 3.8) is 0 Å². The van der Waals surface area contributed by atoms with Gasteiger partial charge in [0.25, 0.3) is 0 Å². The van der Waals surface area contributed by atoms with Crippen molar-refractivity contribution >= 4 is 10.0 Å². The van der Waals surface area contributed by atoms with Gasteiger partial charge < -0.3 is 5.11 Å². The Morgan fingerprint density at radius 1 is 1.26 bits per heavy atom. The summed E-state index contributed by atoms with van der Waals surface area (Å²) in [5, 5.41) is 9.95. The summed E-state index contributed by atoms with van der Waals surface area (Å²) in [7, 11) is -3.43. The molecule has 2 aliphatic rings. The summed E-state index contributed by atoms with van der Waals surface area (Å²) in [5.74, 6) is 0. The van der Waals surface area contributed by atoms with Gasteiger partial charge in [-0.1, -0.05) is 13.0 Å². The standard InChI is InChI=1S/C14H19NO3S/c1-2-14(16)9-15(10-14)19(17,18)13-7-6-11-4-3-5-12(11)8-13/h6-8,16H,2-5,9-10H2,1H3. The molecule has 1 aromatic carbocycles. The van der Waals surface area contributed by atoms with Crippen molar-refractivity contribution in [2.24, 2.45) is 0 Å². The van der Waals surface area contributed by atoms with E-state index in [2.05, 4.69) is 0 Å². The lowest BCUT2D eigenvalue weighted by Crippen LogP contribution is -2.62. The Balaban J connectivity index is 1.86. The first-order valence-electron chi connectivity index (χ1n) is 6.79. The topological polar surface area (TPSA) is 57.6 Å². The molecule has 4 nitrogen and oxygen atoms in total. The molecule has 3 rings (SSSR count). The number of β-amino-alcohol motifs (C(OH)–C–C–N with tert-alkyl or cyclic N) is 1. The lowest BCUT2D eigenvalue weighted by molar-refractivity contribution is -0.0613. The molecular weight excluding hydrogens is 262 g/mol. The summed E-state index contributed by atoms with van der Waals surface area (Å²) in [6, 6.07) is 5.44. The third-order valence-corrected chi connectivity index (χ3v) is 6.09.